The van der Waals surface area contributed by atoms with E-state index in [1.807, 2.05) is 0 Å². The molecule has 0 aromatic carbocycles. The topological polar surface area (TPSA) is 29.1 Å². The van der Waals surface area contributed by atoms with E-state index >= 15 is 0 Å². The van der Waals surface area contributed by atoms with Crippen molar-refractivity contribution in [2.45, 2.75) is 97.6 Å². The average Bonchev–Trinajstić information content (AvgIpc) is 2.45. The van der Waals surface area contributed by atoms with E-state index in [-0.39, 0.29) is 12.1 Å². The lowest BCUT2D eigenvalue weighted by atomic mass is 10.1. The molecular weight excluding hydrogens is 272 g/mol. The minimum atomic E-state index is 0.200. The smallest absolute Gasteiger partial charge is 0.224 e. The van der Waals surface area contributed by atoms with E-state index < -0.39 is 0 Å². The van der Waals surface area contributed by atoms with E-state index in [1.54, 1.807) is 0 Å². The highest BCUT2D eigenvalue weighted by molar-refractivity contribution is 5.75. The molecular formula is C19H41N2O+. The SMILES string of the molecule is CCCCCCCCCCCC(=O)NC(C)[N+](C)(C)CCC. The third-order valence-corrected chi connectivity index (χ3v) is 4.73. The van der Waals surface area contributed by atoms with Crippen LogP contribution >= 0.6 is 0 Å². The normalized spacial score (nSPS) is 13.1. The van der Waals surface area contributed by atoms with E-state index in [4.69, 9.17) is 0 Å². The van der Waals surface area contributed by atoms with E-state index in [2.05, 4.69) is 40.2 Å². The van der Waals surface area contributed by atoms with Crippen LogP contribution in [0.3, 0.4) is 0 Å². The van der Waals surface area contributed by atoms with Crippen molar-refractivity contribution < 1.29 is 9.28 Å². The Morgan fingerprint density at radius 1 is 0.864 bits per heavy atom. The lowest BCUT2D eigenvalue weighted by Crippen LogP contribution is -2.56. The molecule has 1 unspecified atom stereocenters. The molecule has 0 aliphatic heterocycles. The summed E-state index contributed by atoms with van der Waals surface area (Å²) in [5.74, 6) is 0.220. The molecule has 0 spiro atoms. The molecule has 0 aromatic rings. The molecule has 0 aliphatic rings. The first-order chi connectivity index (χ1) is 10.4. The van der Waals surface area contributed by atoms with Gasteiger partial charge < -0.3 is 9.80 Å². The zero-order chi connectivity index (χ0) is 16.8. The number of amides is 1. The Labute approximate surface area is 139 Å². The second-order valence-corrected chi connectivity index (χ2v) is 7.32. The molecule has 132 valence electrons. The van der Waals surface area contributed by atoms with Crippen LogP contribution in [0.2, 0.25) is 0 Å². The van der Waals surface area contributed by atoms with Gasteiger partial charge in [0.05, 0.1) is 20.6 Å². The molecule has 3 nitrogen and oxygen atoms in total. The number of carbonyl (C=O) groups is 1. The second-order valence-electron chi connectivity index (χ2n) is 7.32. The first-order valence-corrected chi connectivity index (χ1v) is 9.56. The molecule has 0 bridgehead atoms. The number of nitrogens with one attached hydrogen (secondary N) is 1. The highest BCUT2D eigenvalue weighted by Gasteiger charge is 2.23. The van der Waals surface area contributed by atoms with Crippen molar-refractivity contribution in [3.63, 3.8) is 0 Å². The van der Waals surface area contributed by atoms with Gasteiger partial charge in [-0.05, 0) is 12.8 Å². The molecule has 0 rings (SSSR count). The van der Waals surface area contributed by atoms with Crippen LogP contribution in [0.4, 0.5) is 0 Å². The number of hydrogen-bond donors (Lipinski definition) is 1. The van der Waals surface area contributed by atoms with E-state index in [0.717, 1.165) is 23.9 Å². The molecule has 1 amide bonds. The minimum absolute atomic E-state index is 0.200. The van der Waals surface area contributed by atoms with Gasteiger partial charge in [-0.3, -0.25) is 4.79 Å². The van der Waals surface area contributed by atoms with Crippen LogP contribution in [-0.2, 0) is 4.79 Å². The lowest BCUT2D eigenvalue weighted by Gasteiger charge is -2.36. The van der Waals surface area contributed by atoms with Crippen molar-refractivity contribution in [3.8, 4) is 0 Å². The van der Waals surface area contributed by atoms with Crippen LogP contribution in [0.15, 0.2) is 0 Å². The van der Waals surface area contributed by atoms with Gasteiger partial charge in [0, 0.05) is 13.3 Å². The van der Waals surface area contributed by atoms with Crippen LogP contribution in [0.5, 0.6) is 0 Å². The maximum atomic E-state index is 12.0. The van der Waals surface area contributed by atoms with Crippen molar-refractivity contribution in [3.05, 3.63) is 0 Å². The summed E-state index contributed by atoms with van der Waals surface area (Å²) >= 11 is 0. The minimum Gasteiger partial charge on any atom is -0.309 e. The number of rotatable bonds is 14. The van der Waals surface area contributed by atoms with Gasteiger partial charge in [-0.1, -0.05) is 65.2 Å². The third-order valence-electron chi connectivity index (χ3n) is 4.73. The van der Waals surface area contributed by atoms with Gasteiger partial charge in [-0.15, -0.1) is 0 Å². The van der Waals surface area contributed by atoms with E-state index in [1.165, 1.54) is 51.4 Å². The maximum absolute atomic E-state index is 12.0. The highest BCUT2D eigenvalue weighted by Crippen LogP contribution is 2.11. The summed E-state index contributed by atoms with van der Waals surface area (Å²) in [7, 11) is 4.37. The Kier molecular flexibility index (Phi) is 12.6. The number of quaternary nitrogens is 1. The molecule has 0 fully saturated rings. The lowest BCUT2D eigenvalue weighted by molar-refractivity contribution is -0.915. The van der Waals surface area contributed by atoms with Crippen molar-refractivity contribution in [2.75, 3.05) is 20.6 Å². The van der Waals surface area contributed by atoms with Crippen LogP contribution < -0.4 is 5.32 Å². The number of carbonyl (C=O) groups excluding carboxylic acids is 1. The number of nitrogens with zero attached hydrogens (tertiary/aromatic N) is 1. The average molecular weight is 314 g/mol. The summed E-state index contributed by atoms with van der Waals surface area (Å²) in [5, 5.41) is 3.16. The van der Waals surface area contributed by atoms with Gasteiger partial charge in [-0.2, -0.15) is 0 Å². The largest absolute Gasteiger partial charge is 0.309 e. The molecule has 0 aliphatic carbocycles. The first kappa shape index (κ1) is 21.4. The van der Waals surface area contributed by atoms with Crippen molar-refractivity contribution in [2.24, 2.45) is 0 Å². The predicted octanol–water partition coefficient (Wildman–Crippen LogP) is 4.86. The molecule has 3 heteroatoms. The third kappa shape index (κ3) is 11.1. The summed E-state index contributed by atoms with van der Waals surface area (Å²) < 4.78 is 0.861. The zero-order valence-corrected chi connectivity index (χ0v) is 15.9. The fourth-order valence-corrected chi connectivity index (χ4v) is 2.85. The monoisotopic (exact) mass is 313 g/mol. The number of unbranched alkanes of at least 4 members (excludes halogenated alkanes) is 8. The molecule has 0 saturated heterocycles. The van der Waals surface area contributed by atoms with Gasteiger partial charge in [0.2, 0.25) is 5.91 Å². The fourth-order valence-electron chi connectivity index (χ4n) is 2.85. The van der Waals surface area contributed by atoms with Gasteiger partial charge in [-0.25, -0.2) is 0 Å². The van der Waals surface area contributed by atoms with E-state index in [9.17, 15) is 4.79 Å². The van der Waals surface area contributed by atoms with Gasteiger partial charge >= 0.3 is 0 Å². The van der Waals surface area contributed by atoms with Crippen molar-refractivity contribution >= 4 is 5.91 Å². The van der Waals surface area contributed by atoms with Crippen LogP contribution in [-0.4, -0.2) is 37.2 Å². The van der Waals surface area contributed by atoms with Crippen molar-refractivity contribution in [1.82, 2.24) is 5.32 Å². The first-order valence-electron chi connectivity index (χ1n) is 9.56. The molecule has 1 atom stereocenters. The molecule has 0 aromatic heterocycles. The standard InChI is InChI=1S/C19H40N2O/c1-6-8-9-10-11-12-13-14-15-16-19(22)20-18(3)21(4,5)17-7-2/h18H,6-17H2,1-5H3/p+1. The summed E-state index contributed by atoms with van der Waals surface area (Å²) in [5.41, 5.74) is 0. The summed E-state index contributed by atoms with van der Waals surface area (Å²) in [4.78, 5) is 12.0. The Balaban J connectivity index is 3.57. The Hall–Kier alpha value is -0.570. The van der Waals surface area contributed by atoms with Crippen molar-refractivity contribution in [1.29, 1.82) is 0 Å². The fraction of sp³-hybridized carbons (Fsp3) is 0.947. The van der Waals surface area contributed by atoms with Gasteiger partial charge in [0.15, 0.2) is 6.17 Å². The quantitative estimate of drug-likeness (QED) is 0.277. The van der Waals surface area contributed by atoms with Crippen LogP contribution in [0.25, 0.3) is 0 Å². The highest BCUT2D eigenvalue weighted by atomic mass is 16.1. The Bertz CT molecular complexity index is 277. The molecule has 22 heavy (non-hydrogen) atoms. The Morgan fingerprint density at radius 2 is 1.36 bits per heavy atom. The predicted molar refractivity (Wildman–Crippen MR) is 96.7 cm³/mol. The zero-order valence-electron chi connectivity index (χ0n) is 15.9. The van der Waals surface area contributed by atoms with E-state index in [0.29, 0.717) is 6.42 Å². The second kappa shape index (κ2) is 12.9. The van der Waals surface area contributed by atoms with Gasteiger partial charge in [0.1, 0.15) is 0 Å². The molecule has 0 heterocycles. The molecule has 0 radical (unpaired) electrons. The van der Waals surface area contributed by atoms with Crippen LogP contribution in [0.1, 0.15) is 91.4 Å². The summed E-state index contributed by atoms with van der Waals surface area (Å²) in [6.07, 6.45) is 13.7. The number of hydrogen-bond acceptors (Lipinski definition) is 1. The summed E-state index contributed by atoms with van der Waals surface area (Å²) in [6, 6.07) is 0. The molecule has 0 saturated carbocycles. The summed E-state index contributed by atoms with van der Waals surface area (Å²) in [6.45, 7) is 7.66. The van der Waals surface area contributed by atoms with Gasteiger partial charge in [0.25, 0.3) is 0 Å². The van der Waals surface area contributed by atoms with Crippen LogP contribution in [0, 0.1) is 0 Å². The maximum Gasteiger partial charge on any atom is 0.224 e. The molecule has 1 N–H and O–H groups in total. The Morgan fingerprint density at radius 3 is 1.86 bits per heavy atom.